The summed E-state index contributed by atoms with van der Waals surface area (Å²) in [7, 11) is 0. The number of aryl methyl sites for hydroxylation is 1. The molecule has 5 nitrogen and oxygen atoms in total. The van der Waals surface area contributed by atoms with Gasteiger partial charge in [-0.2, -0.15) is 5.10 Å². The van der Waals surface area contributed by atoms with Crippen LogP contribution in [0.2, 0.25) is 0 Å². The van der Waals surface area contributed by atoms with E-state index in [1.54, 1.807) is 11.3 Å². The number of carbonyl (C=O) groups is 1. The van der Waals surface area contributed by atoms with Gasteiger partial charge >= 0.3 is 0 Å². The number of nitrogens with zero attached hydrogens (tertiary/aromatic N) is 3. The van der Waals surface area contributed by atoms with Gasteiger partial charge in [-0.25, -0.2) is 4.98 Å². The molecule has 1 N–H and O–H groups in total. The van der Waals surface area contributed by atoms with Crippen molar-refractivity contribution in [2.24, 2.45) is 0 Å². The van der Waals surface area contributed by atoms with E-state index in [0.717, 1.165) is 29.9 Å². The van der Waals surface area contributed by atoms with Gasteiger partial charge in [0.05, 0.1) is 29.0 Å². The lowest BCUT2D eigenvalue weighted by atomic mass is 9.96. The van der Waals surface area contributed by atoms with Gasteiger partial charge in [0.2, 0.25) is 5.91 Å². The summed E-state index contributed by atoms with van der Waals surface area (Å²) in [6, 6.07) is 0.103. The molecule has 3 rings (SSSR count). The highest BCUT2D eigenvalue weighted by Crippen LogP contribution is 2.29. The van der Waals surface area contributed by atoms with Crippen LogP contribution in [0.3, 0.4) is 0 Å². The lowest BCUT2D eigenvalue weighted by Gasteiger charge is -2.23. The molecular formula is C17H24N4OS. The smallest absolute Gasteiger partial charge is 0.220 e. The number of hydrogen-bond donors (Lipinski definition) is 1. The number of thiazole rings is 1. The summed E-state index contributed by atoms with van der Waals surface area (Å²) in [4.78, 5) is 16.4. The first-order chi connectivity index (χ1) is 11.0. The van der Waals surface area contributed by atoms with Gasteiger partial charge in [0.15, 0.2) is 0 Å². The van der Waals surface area contributed by atoms with Gasteiger partial charge in [0, 0.05) is 29.0 Å². The summed E-state index contributed by atoms with van der Waals surface area (Å²) in [5.41, 5.74) is 4.38. The molecule has 0 saturated carbocycles. The molecule has 1 saturated heterocycles. The first-order valence-corrected chi connectivity index (χ1v) is 9.11. The van der Waals surface area contributed by atoms with E-state index < -0.39 is 0 Å². The summed E-state index contributed by atoms with van der Waals surface area (Å²) in [5, 5.41) is 11.1. The Kier molecular flexibility index (Phi) is 4.53. The quantitative estimate of drug-likeness (QED) is 0.932. The van der Waals surface area contributed by atoms with Gasteiger partial charge in [0.1, 0.15) is 0 Å². The predicted octanol–water partition coefficient (Wildman–Crippen LogP) is 3.47. The Bertz CT molecular complexity index is 716. The monoisotopic (exact) mass is 332 g/mol. The standard InChI is InChI=1S/C17H24N4OS/c1-10(2)17-18-13(9-23-17)8-21-12(4)16(11(3)20-21)14-6-5-7-15(22)19-14/h9-10,14H,5-8H2,1-4H3,(H,19,22). The summed E-state index contributed by atoms with van der Waals surface area (Å²) in [5.74, 6) is 0.607. The van der Waals surface area contributed by atoms with Crippen molar-refractivity contribution in [3.63, 3.8) is 0 Å². The van der Waals surface area contributed by atoms with Crippen molar-refractivity contribution in [2.75, 3.05) is 0 Å². The Labute approximate surface area is 141 Å². The number of piperidine rings is 1. The minimum absolute atomic E-state index is 0.103. The molecule has 3 heterocycles. The number of carbonyl (C=O) groups excluding carboxylic acids is 1. The molecule has 124 valence electrons. The van der Waals surface area contributed by atoms with Gasteiger partial charge in [-0.05, 0) is 26.7 Å². The molecule has 0 radical (unpaired) electrons. The minimum atomic E-state index is 0.103. The number of aromatic nitrogens is 3. The average molecular weight is 332 g/mol. The molecule has 0 bridgehead atoms. The fourth-order valence-corrected chi connectivity index (χ4v) is 4.03. The molecule has 0 aromatic carbocycles. The Morgan fingerprint density at radius 1 is 1.43 bits per heavy atom. The normalized spacial score (nSPS) is 18.5. The summed E-state index contributed by atoms with van der Waals surface area (Å²) in [6.07, 6.45) is 2.58. The minimum Gasteiger partial charge on any atom is -0.349 e. The van der Waals surface area contributed by atoms with Crippen LogP contribution in [0.25, 0.3) is 0 Å². The summed E-state index contributed by atoms with van der Waals surface area (Å²) in [6.45, 7) is 9.13. The number of nitrogens with one attached hydrogen (secondary N) is 1. The molecule has 1 amide bonds. The molecule has 1 atom stereocenters. The van der Waals surface area contributed by atoms with E-state index in [4.69, 9.17) is 4.98 Å². The van der Waals surface area contributed by atoms with Gasteiger partial charge in [-0.3, -0.25) is 9.48 Å². The Morgan fingerprint density at radius 2 is 2.22 bits per heavy atom. The third kappa shape index (κ3) is 3.32. The van der Waals surface area contributed by atoms with Crippen LogP contribution in [0.4, 0.5) is 0 Å². The predicted molar refractivity (Wildman–Crippen MR) is 91.7 cm³/mol. The molecule has 1 fully saturated rings. The highest BCUT2D eigenvalue weighted by atomic mass is 32.1. The zero-order chi connectivity index (χ0) is 16.6. The van der Waals surface area contributed by atoms with Crippen molar-refractivity contribution >= 4 is 17.2 Å². The topological polar surface area (TPSA) is 59.8 Å². The van der Waals surface area contributed by atoms with E-state index in [1.165, 1.54) is 10.6 Å². The molecule has 0 aliphatic carbocycles. The second kappa shape index (κ2) is 6.43. The Morgan fingerprint density at radius 3 is 2.87 bits per heavy atom. The van der Waals surface area contributed by atoms with Crippen molar-refractivity contribution in [1.29, 1.82) is 0 Å². The van der Waals surface area contributed by atoms with E-state index >= 15 is 0 Å². The molecule has 2 aromatic rings. The van der Waals surface area contributed by atoms with Crippen LogP contribution in [0.1, 0.15) is 72.7 Å². The van der Waals surface area contributed by atoms with Crippen molar-refractivity contribution in [3.05, 3.63) is 33.0 Å². The van der Waals surface area contributed by atoms with Crippen LogP contribution in [0, 0.1) is 13.8 Å². The molecule has 0 spiro atoms. The van der Waals surface area contributed by atoms with Gasteiger partial charge in [0.25, 0.3) is 0 Å². The molecule has 6 heteroatoms. The first-order valence-electron chi connectivity index (χ1n) is 8.23. The van der Waals surface area contributed by atoms with Gasteiger partial charge in [-0.1, -0.05) is 13.8 Å². The highest BCUT2D eigenvalue weighted by Gasteiger charge is 2.25. The maximum absolute atomic E-state index is 11.7. The van der Waals surface area contributed by atoms with Crippen molar-refractivity contribution in [1.82, 2.24) is 20.1 Å². The Balaban J connectivity index is 1.83. The zero-order valence-corrected chi connectivity index (χ0v) is 15.0. The maximum Gasteiger partial charge on any atom is 0.220 e. The van der Waals surface area contributed by atoms with E-state index in [0.29, 0.717) is 18.9 Å². The van der Waals surface area contributed by atoms with Gasteiger partial charge < -0.3 is 5.32 Å². The van der Waals surface area contributed by atoms with Crippen molar-refractivity contribution in [2.45, 2.75) is 65.5 Å². The van der Waals surface area contributed by atoms with E-state index in [-0.39, 0.29) is 11.9 Å². The highest BCUT2D eigenvalue weighted by molar-refractivity contribution is 7.09. The summed E-state index contributed by atoms with van der Waals surface area (Å²) < 4.78 is 2.02. The second-order valence-corrected chi connectivity index (χ2v) is 7.48. The van der Waals surface area contributed by atoms with E-state index in [1.807, 2.05) is 11.6 Å². The number of hydrogen-bond acceptors (Lipinski definition) is 4. The SMILES string of the molecule is Cc1nn(Cc2csc(C(C)C)n2)c(C)c1C1CCCC(=O)N1. The van der Waals surface area contributed by atoms with Crippen molar-refractivity contribution in [3.8, 4) is 0 Å². The molecule has 1 aliphatic heterocycles. The largest absolute Gasteiger partial charge is 0.349 e. The summed E-state index contributed by atoms with van der Waals surface area (Å²) >= 11 is 1.71. The zero-order valence-electron chi connectivity index (χ0n) is 14.2. The fraction of sp³-hybridized carbons (Fsp3) is 0.588. The number of rotatable bonds is 4. The van der Waals surface area contributed by atoms with E-state index in [2.05, 4.69) is 36.6 Å². The number of amides is 1. The third-order valence-electron chi connectivity index (χ3n) is 4.39. The van der Waals surface area contributed by atoms with E-state index in [9.17, 15) is 4.79 Å². The van der Waals surface area contributed by atoms with Gasteiger partial charge in [-0.15, -0.1) is 11.3 Å². The fourth-order valence-electron chi connectivity index (χ4n) is 3.20. The third-order valence-corrected chi connectivity index (χ3v) is 5.59. The van der Waals surface area contributed by atoms with Crippen LogP contribution < -0.4 is 5.32 Å². The second-order valence-electron chi connectivity index (χ2n) is 6.59. The Hall–Kier alpha value is -1.69. The molecule has 23 heavy (non-hydrogen) atoms. The maximum atomic E-state index is 11.7. The molecule has 2 aromatic heterocycles. The average Bonchev–Trinajstić information content (AvgIpc) is 3.05. The lowest BCUT2D eigenvalue weighted by Crippen LogP contribution is -2.33. The molecular weight excluding hydrogens is 308 g/mol. The van der Waals surface area contributed by atoms with Crippen LogP contribution in [0.5, 0.6) is 0 Å². The van der Waals surface area contributed by atoms with Crippen LogP contribution in [0.15, 0.2) is 5.38 Å². The van der Waals surface area contributed by atoms with Crippen molar-refractivity contribution < 1.29 is 4.79 Å². The van der Waals surface area contributed by atoms with Crippen LogP contribution >= 0.6 is 11.3 Å². The van der Waals surface area contributed by atoms with Crippen LogP contribution in [-0.2, 0) is 11.3 Å². The molecule has 1 aliphatic rings. The lowest BCUT2D eigenvalue weighted by molar-refractivity contribution is -0.123. The van der Waals surface area contributed by atoms with Crippen LogP contribution in [-0.4, -0.2) is 20.7 Å². The molecule has 1 unspecified atom stereocenters. The first kappa shape index (κ1) is 16.2.